The molecule has 0 aliphatic carbocycles. The lowest BCUT2D eigenvalue weighted by atomic mass is 9.88. The zero-order valence-electron chi connectivity index (χ0n) is 12.3. The monoisotopic (exact) mass is 275 g/mol. The number of imidazole rings is 1. The van der Waals surface area contributed by atoms with Gasteiger partial charge >= 0.3 is 5.69 Å². The number of phenolic OH excluding ortho intramolecular Hbond substituents is 1. The maximum atomic E-state index is 12.1. The molecule has 2 aromatic rings. The van der Waals surface area contributed by atoms with Crippen LogP contribution in [0.5, 0.6) is 5.75 Å². The molecule has 2 heterocycles. The number of piperidine rings is 1. The van der Waals surface area contributed by atoms with E-state index in [1.54, 1.807) is 29.3 Å². The molecule has 0 spiro atoms. The van der Waals surface area contributed by atoms with Gasteiger partial charge < -0.3 is 10.0 Å². The quantitative estimate of drug-likeness (QED) is 0.855. The van der Waals surface area contributed by atoms with Gasteiger partial charge in [-0.15, -0.1) is 0 Å². The van der Waals surface area contributed by atoms with E-state index in [4.69, 9.17) is 0 Å². The third-order valence-electron chi connectivity index (χ3n) is 4.53. The van der Waals surface area contributed by atoms with Crippen molar-refractivity contribution < 1.29 is 5.11 Å². The van der Waals surface area contributed by atoms with Gasteiger partial charge in [-0.25, -0.2) is 4.79 Å². The van der Waals surface area contributed by atoms with Crippen LogP contribution in [0.4, 0.5) is 0 Å². The number of aromatic hydroxyl groups is 1. The summed E-state index contributed by atoms with van der Waals surface area (Å²) in [4.78, 5) is 14.4. The van der Waals surface area contributed by atoms with Crippen LogP contribution in [-0.2, 0) is 14.1 Å². The molecule has 1 saturated heterocycles. The first-order valence-electron chi connectivity index (χ1n) is 7.06. The molecule has 0 bridgehead atoms. The molecule has 0 saturated carbocycles. The maximum absolute atomic E-state index is 12.1. The van der Waals surface area contributed by atoms with Crippen molar-refractivity contribution in [2.75, 3.05) is 20.1 Å². The lowest BCUT2D eigenvalue weighted by Crippen LogP contribution is -2.29. The summed E-state index contributed by atoms with van der Waals surface area (Å²) in [6.45, 7) is 2.12. The molecule has 0 atom stereocenters. The molecular weight excluding hydrogens is 254 g/mol. The highest BCUT2D eigenvalue weighted by atomic mass is 16.3. The van der Waals surface area contributed by atoms with Gasteiger partial charge in [-0.2, -0.15) is 0 Å². The van der Waals surface area contributed by atoms with E-state index in [1.165, 1.54) is 0 Å². The summed E-state index contributed by atoms with van der Waals surface area (Å²) >= 11 is 0. The number of phenols is 1. The smallest absolute Gasteiger partial charge is 0.328 e. The fourth-order valence-electron chi connectivity index (χ4n) is 3.30. The van der Waals surface area contributed by atoms with Crippen LogP contribution in [0.1, 0.15) is 24.3 Å². The molecule has 1 aliphatic heterocycles. The number of benzene rings is 1. The lowest BCUT2D eigenvalue weighted by Gasteiger charge is -2.29. The Hall–Kier alpha value is -1.75. The molecular formula is C15H21N3O2. The van der Waals surface area contributed by atoms with Crippen LogP contribution in [0.15, 0.2) is 16.9 Å². The minimum Gasteiger partial charge on any atom is -0.508 e. The van der Waals surface area contributed by atoms with E-state index in [0.29, 0.717) is 5.92 Å². The third-order valence-corrected chi connectivity index (χ3v) is 4.53. The summed E-state index contributed by atoms with van der Waals surface area (Å²) < 4.78 is 3.30. The Bertz CT molecular complexity index is 706. The van der Waals surface area contributed by atoms with Crippen molar-refractivity contribution in [3.05, 3.63) is 28.2 Å². The fourth-order valence-corrected chi connectivity index (χ4v) is 3.30. The van der Waals surface area contributed by atoms with Crippen molar-refractivity contribution >= 4 is 11.0 Å². The highest BCUT2D eigenvalue weighted by Gasteiger charge is 2.23. The number of aryl methyl sites for hydroxylation is 2. The normalized spacial score (nSPS) is 17.9. The first kappa shape index (κ1) is 13.2. The first-order valence-corrected chi connectivity index (χ1v) is 7.06. The Kier molecular flexibility index (Phi) is 3.09. The van der Waals surface area contributed by atoms with Crippen molar-refractivity contribution in [2.45, 2.75) is 18.8 Å². The Morgan fingerprint density at radius 1 is 1.10 bits per heavy atom. The van der Waals surface area contributed by atoms with Gasteiger partial charge in [-0.1, -0.05) is 0 Å². The second-order valence-corrected chi connectivity index (χ2v) is 5.88. The van der Waals surface area contributed by atoms with Gasteiger partial charge in [0.15, 0.2) is 0 Å². The van der Waals surface area contributed by atoms with Gasteiger partial charge in [0.05, 0.1) is 11.0 Å². The van der Waals surface area contributed by atoms with E-state index in [1.807, 2.05) is 6.07 Å². The molecule has 1 fully saturated rings. The van der Waals surface area contributed by atoms with Gasteiger partial charge in [0, 0.05) is 20.2 Å². The van der Waals surface area contributed by atoms with E-state index in [-0.39, 0.29) is 11.4 Å². The molecule has 0 unspecified atom stereocenters. The number of likely N-dealkylation sites (tertiary alicyclic amines) is 1. The number of aromatic nitrogens is 2. The highest BCUT2D eigenvalue weighted by molar-refractivity contribution is 5.82. The Labute approximate surface area is 118 Å². The summed E-state index contributed by atoms with van der Waals surface area (Å²) in [6.07, 6.45) is 2.14. The van der Waals surface area contributed by atoms with Gasteiger partial charge in [-0.3, -0.25) is 9.13 Å². The Morgan fingerprint density at radius 3 is 2.40 bits per heavy atom. The van der Waals surface area contributed by atoms with Crippen molar-refractivity contribution in [3.63, 3.8) is 0 Å². The largest absolute Gasteiger partial charge is 0.508 e. The van der Waals surface area contributed by atoms with E-state index < -0.39 is 0 Å². The SMILES string of the molecule is CN1CCC(c2cc(O)cc3c2n(C)c(=O)n3C)CC1. The molecule has 1 N–H and O–H groups in total. The van der Waals surface area contributed by atoms with Crippen LogP contribution in [0, 0.1) is 0 Å². The maximum Gasteiger partial charge on any atom is 0.328 e. The molecule has 1 aliphatic rings. The second-order valence-electron chi connectivity index (χ2n) is 5.88. The minimum atomic E-state index is -0.0419. The predicted molar refractivity (Wildman–Crippen MR) is 79.3 cm³/mol. The number of rotatable bonds is 1. The van der Waals surface area contributed by atoms with Crippen LogP contribution in [0.3, 0.4) is 0 Å². The standard InChI is InChI=1S/C15H21N3O2/c1-16-6-4-10(5-7-16)12-8-11(19)9-13-14(12)18(3)15(20)17(13)2/h8-10,19H,4-7H2,1-3H3. The summed E-state index contributed by atoms with van der Waals surface area (Å²) in [6, 6.07) is 3.51. The van der Waals surface area contributed by atoms with E-state index in [0.717, 1.165) is 42.5 Å². The van der Waals surface area contributed by atoms with Crippen molar-refractivity contribution in [1.82, 2.24) is 14.0 Å². The van der Waals surface area contributed by atoms with Gasteiger partial charge in [0.1, 0.15) is 5.75 Å². The highest BCUT2D eigenvalue weighted by Crippen LogP contribution is 2.34. The van der Waals surface area contributed by atoms with Crippen LogP contribution < -0.4 is 5.69 Å². The molecule has 1 aromatic carbocycles. The molecule has 0 amide bonds. The number of hydrogen-bond acceptors (Lipinski definition) is 3. The summed E-state index contributed by atoms with van der Waals surface area (Å²) in [5.41, 5.74) is 2.84. The summed E-state index contributed by atoms with van der Waals surface area (Å²) in [5, 5.41) is 9.98. The second kappa shape index (κ2) is 4.66. The number of hydrogen-bond donors (Lipinski definition) is 1. The minimum absolute atomic E-state index is 0.0419. The van der Waals surface area contributed by atoms with Crippen molar-refractivity contribution in [1.29, 1.82) is 0 Å². The molecule has 108 valence electrons. The first-order chi connectivity index (χ1) is 9.49. The van der Waals surface area contributed by atoms with Crippen LogP contribution in [0.25, 0.3) is 11.0 Å². The molecule has 0 radical (unpaired) electrons. The van der Waals surface area contributed by atoms with Gasteiger partial charge in [0.2, 0.25) is 0 Å². The Balaban J connectivity index is 2.20. The number of fused-ring (bicyclic) bond motifs is 1. The Morgan fingerprint density at radius 2 is 1.75 bits per heavy atom. The molecule has 20 heavy (non-hydrogen) atoms. The van der Waals surface area contributed by atoms with Gasteiger partial charge in [0.25, 0.3) is 0 Å². The molecule has 5 nitrogen and oxygen atoms in total. The zero-order valence-corrected chi connectivity index (χ0v) is 12.3. The van der Waals surface area contributed by atoms with E-state index in [9.17, 15) is 9.90 Å². The lowest BCUT2D eigenvalue weighted by molar-refractivity contribution is 0.255. The average Bonchev–Trinajstić information content (AvgIpc) is 2.64. The van der Waals surface area contributed by atoms with E-state index in [2.05, 4.69) is 11.9 Å². The third kappa shape index (κ3) is 1.93. The van der Waals surface area contributed by atoms with Crippen molar-refractivity contribution in [2.24, 2.45) is 14.1 Å². The fraction of sp³-hybridized carbons (Fsp3) is 0.533. The predicted octanol–water partition coefficient (Wildman–Crippen LogP) is 1.39. The molecule has 5 heteroatoms. The van der Waals surface area contributed by atoms with Crippen LogP contribution in [-0.4, -0.2) is 39.3 Å². The topological polar surface area (TPSA) is 50.4 Å². The van der Waals surface area contributed by atoms with Gasteiger partial charge in [-0.05, 0) is 50.5 Å². The van der Waals surface area contributed by atoms with E-state index >= 15 is 0 Å². The van der Waals surface area contributed by atoms with Crippen LogP contribution >= 0.6 is 0 Å². The summed E-state index contributed by atoms with van der Waals surface area (Å²) in [5.74, 6) is 0.654. The molecule has 3 rings (SSSR count). The molecule has 1 aromatic heterocycles. The number of nitrogens with zero attached hydrogens (tertiary/aromatic N) is 3. The average molecular weight is 275 g/mol. The summed E-state index contributed by atoms with van der Waals surface area (Å²) in [7, 11) is 5.69. The zero-order chi connectivity index (χ0) is 14.4. The van der Waals surface area contributed by atoms with Crippen molar-refractivity contribution in [3.8, 4) is 5.75 Å². The van der Waals surface area contributed by atoms with Crippen LogP contribution in [0.2, 0.25) is 0 Å².